The average molecular weight is 379 g/mol. The molecule has 0 unspecified atom stereocenters. The van der Waals surface area contributed by atoms with Gasteiger partial charge in [0.25, 0.3) is 5.91 Å². The molecular weight excluding hydrogens is 340 g/mol. The Hall–Kier alpha value is -1.14. The van der Waals surface area contributed by atoms with E-state index in [9.17, 15) is 4.79 Å². The maximum Gasteiger partial charge on any atom is 0.254 e. The fourth-order valence-electron chi connectivity index (χ4n) is 5.55. The van der Waals surface area contributed by atoms with Crippen molar-refractivity contribution in [3.8, 4) is 0 Å². The Morgan fingerprint density at radius 1 is 1.19 bits per heavy atom. The fourth-order valence-corrected chi connectivity index (χ4v) is 5.55. The van der Waals surface area contributed by atoms with Gasteiger partial charge in [-0.25, -0.2) is 0 Å². The number of rotatable bonds is 8. The van der Waals surface area contributed by atoms with Crippen molar-refractivity contribution in [2.24, 2.45) is 11.8 Å². The van der Waals surface area contributed by atoms with Crippen LogP contribution in [0.2, 0.25) is 0 Å². The second kappa shape index (κ2) is 9.37. The van der Waals surface area contributed by atoms with Gasteiger partial charge in [-0.1, -0.05) is 44.9 Å². The number of hydrogen-bond donors (Lipinski definition) is 4. The summed E-state index contributed by atoms with van der Waals surface area (Å²) in [7, 11) is 1.73. The largest absolute Gasteiger partial charge is 0.395 e. The van der Waals surface area contributed by atoms with Gasteiger partial charge < -0.3 is 15.7 Å². The van der Waals surface area contributed by atoms with Crippen molar-refractivity contribution >= 4 is 11.9 Å². The second-order valence-electron chi connectivity index (χ2n) is 9.07. The van der Waals surface area contributed by atoms with Gasteiger partial charge in [0.1, 0.15) is 5.54 Å². The van der Waals surface area contributed by atoms with Crippen molar-refractivity contribution in [2.45, 2.75) is 88.6 Å². The molecule has 154 valence electrons. The zero-order valence-electron chi connectivity index (χ0n) is 16.9. The lowest BCUT2D eigenvalue weighted by Crippen LogP contribution is -2.50. The summed E-state index contributed by atoms with van der Waals surface area (Å²) in [6.07, 6.45) is 14.0. The maximum absolute atomic E-state index is 13.1. The van der Waals surface area contributed by atoms with Crippen molar-refractivity contribution in [3.05, 3.63) is 0 Å². The monoisotopic (exact) mass is 378 g/mol. The van der Waals surface area contributed by atoms with E-state index in [0.29, 0.717) is 18.5 Å². The van der Waals surface area contributed by atoms with Crippen molar-refractivity contribution in [2.75, 3.05) is 20.2 Å². The Kier molecular flexibility index (Phi) is 7.15. The van der Waals surface area contributed by atoms with Gasteiger partial charge in [0.15, 0.2) is 5.96 Å². The smallest absolute Gasteiger partial charge is 0.254 e. The van der Waals surface area contributed by atoms with E-state index in [1.165, 1.54) is 43.4 Å². The molecule has 3 fully saturated rings. The highest BCUT2D eigenvalue weighted by Crippen LogP contribution is 2.38. The highest BCUT2D eigenvalue weighted by atomic mass is 16.3. The predicted molar refractivity (Wildman–Crippen MR) is 108 cm³/mol. The summed E-state index contributed by atoms with van der Waals surface area (Å²) in [6.45, 7) is 0.823. The van der Waals surface area contributed by atoms with E-state index in [4.69, 9.17) is 10.5 Å². The lowest BCUT2D eigenvalue weighted by molar-refractivity contribution is -0.131. The van der Waals surface area contributed by atoms with E-state index in [2.05, 4.69) is 10.6 Å². The molecule has 4 N–H and O–H groups in total. The number of carbonyl (C=O) groups excluding carboxylic acids is 1. The fraction of sp³-hybridized carbons (Fsp3) is 0.905. The lowest BCUT2D eigenvalue weighted by Gasteiger charge is -2.37. The third-order valence-corrected chi connectivity index (χ3v) is 7.08. The van der Waals surface area contributed by atoms with Crippen LogP contribution in [0, 0.1) is 17.2 Å². The SMILES string of the molecule is CN1C(=N)N[C@](CCC2CCCCC2)(C[C@H]2CCC[C@@H](NCCO)C2)C1=O. The first-order valence-electron chi connectivity index (χ1n) is 11.0. The van der Waals surface area contributed by atoms with Crippen molar-refractivity contribution in [1.29, 1.82) is 5.41 Å². The zero-order valence-corrected chi connectivity index (χ0v) is 16.9. The summed E-state index contributed by atoms with van der Waals surface area (Å²) in [5.41, 5.74) is -0.577. The molecular formula is C21H38N4O2. The Morgan fingerprint density at radius 3 is 2.59 bits per heavy atom. The number of likely N-dealkylation sites (N-methyl/N-ethyl adjacent to an activating group) is 1. The van der Waals surface area contributed by atoms with Crippen molar-refractivity contribution < 1.29 is 9.90 Å². The molecule has 1 amide bonds. The molecule has 6 heteroatoms. The van der Waals surface area contributed by atoms with Crippen LogP contribution in [0.4, 0.5) is 0 Å². The first-order chi connectivity index (χ1) is 13.0. The summed E-state index contributed by atoms with van der Waals surface area (Å²) < 4.78 is 0. The molecule has 3 atom stereocenters. The number of aliphatic hydroxyl groups excluding tert-OH is 1. The molecule has 0 radical (unpaired) electrons. The number of carbonyl (C=O) groups is 1. The van der Waals surface area contributed by atoms with Crippen LogP contribution in [0.25, 0.3) is 0 Å². The quantitative estimate of drug-likeness (QED) is 0.523. The number of aliphatic hydroxyl groups is 1. The minimum absolute atomic E-state index is 0.0914. The summed E-state index contributed by atoms with van der Waals surface area (Å²) in [5, 5.41) is 24.0. The van der Waals surface area contributed by atoms with E-state index < -0.39 is 5.54 Å². The summed E-state index contributed by atoms with van der Waals surface area (Å²) in [5.74, 6) is 1.59. The molecule has 0 aromatic heterocycles. The summed E-state index contributed by atoms with van der Waals surface area (Å²) in [4.78, 5) is 14.6. The topological polar surface area (TPSA) is 88.5 Å². The highest BCUT2D eigenvalue weighted by Gasteiger charge is 2.49. The minimum Gasteiger partial charge on any atom is -0.395 e. The van der Waals surface area contributed by atoms with E-state index in [-0.39, 0.29) is 18.5 Å². The van der Waals surface area contributed by atoms with Crippen LogP contribution >= 0.6 is 0 Å². The third kappa shape index (κ3) is 5.02. The molecule has 0 spiro atoms. The van der Waals surface area contributed by atoms with Crippen LogP contribution in [0.15, 0.2) is 0 Å². The number of guanidine groups is 1. The molecule has 1 heterocycles. The Morgan fingerprint density at radius 2 is 1.93 bits per heavy atom. The number of nitrogens with one attached hydrogen (secondary N) is 3. The second-order valence-corrected chi connectivity index (χ2v) is 9.07. The van der Waals surface area contributed by atoms with Gasteiger partial charge in [0, 0.05) is 19.6 Å². The van der Waals surface area contributed by atoms with Gasteiger partial charge in [0.2, 0.25) is 0 Å². The predicted octanol–water partition coefficient (Wildman–Crippen LogP) is 2.61. The number of hydrogen-bond acceptors (Lipinski definition) is 4. The Balaban J connectivity index is 1.64. The molecule has 0 bridgehead atoms. The Labute approximate surface area is 164 Å². The van der Waals surface area contributed by atoms with Gasteiger partial charge in [0.05, 0.1) is 6.61 Å². The van der Waals surface area contributed by atoms with E-state index in [1.807, 2.05) is 0 Å². The first-order valence-corrected chi connectivity index (χ1v) is 11.0. The van der Waals surface area contributed by atoms with Crippen LogP contribution in [-0.4, -0.2) is 53.7 Å². The normalized spacial score (nSPS) is 32.7. The lowest BCUT2D eigenvalue weighted by atomic mass is 9.74. The molecule has 2 aliphatic carbocycles. The minimum atomic E-state index is -0.577. The molecule has 0 aromatic rings. The van der Waals surface area contributed by atoms with Crippen LogP contribution in [0.5, 0.6) is 0 Å². The first kappa shape index (κ1) is 20.6. The van der Waals surface area contributed by atoms with Gasteiger partial charge in [-0.15, -0.1) is 0 Å². The van der Waals surface area contributed by atoms with Crippen LogP contribution < -0.4 is 10.6 Å². The molecule has 1 saturated heterocycles. The zero-order chi connectivity index (χ0) is 19.3. The van der Waals surface area contributed by atoms with Gasteiger partial charge in [-0.05, 0) is 43.9 Å². The van der Waals surface area contributed by atoms with E-state index in [0.717, 1.165) is 44.4 Å². The molecule has 3 aliphatic rings. The van der Waals surface area contributed by atoms with Gasteiger partial charge >= 0.3 is 0 Å². The van der Waals surface area contributed by atoms with Crippen LogP contribution in [0.3, 0.4) is 0 Å². The molecule has 2 saturated carbocycles. The van der Waals surface area contributed by atoms with Crippen LogP contribution in [0.1, 0.15) is 77.0 Å². The summed E-state index contributed by atoms with van der Waals surface area (Å²) in [6, 6.07) is 0.444. The molecule has 0 aromatic carbocycles. The van der Waals surface area contributed by atoms with E-state index >= 15 is 0 Å². The molecule has 3 rings (SSSR count). The van der Waals surface area contributed by atoms with Gasteiger partial charge in [-0.3, -0.25) is 15.1 Å². The molecule has 27 heavy (non-hydrogen) atoms. The highest BCUT2D eigenvalue weighted by molar-refractivity contribution is 6.07. The van der Waals surface area contributed by atoms with E-state index in [1.54, 1.807) is 7.05 Å². The van der Waals surface area contributed by atoms with Gasteiger partial charge in [-0.2, -0.15) is 0 Å². The van der Waals surface area contributed by atoms with Crippen molar-refractivity contribution in [1.82, 2.24) is 15.5 Å². The van der Waals surface area contributed by atoms with Crippen LogP contribution in [-0.2, 0) is 4.79 Å². The summed E-state index contributed by atoms with van der Waals surface area (Å²) >= 11 is 0. The van der Waals surface area contributed by atoms with Crippen molar-refractivity contribution in [3.63, 3.8) is 0 Å². The number of amides is 1. The average Bonchev–Trinajstić information content (AvgIpc) is 2.90. The Bertz CT molecular complexity index is 520. The number of nitrogens with zero attached hydrogens (tertiary/aromatic N) is 1. The maximum atomic E-state index is 13.1. The molecule has 6 nitrogen and oxygen atoms in total. The standard InChI is InChI=1S/C21H38N4O2/c1-25-19(27)21(24-20(25)22,11-10-16-6-3-2-4-7-16)15-17-8-5-9-18(14-17)23-12-13-26/h16-18,23,26H,2-15H2,1H3,(H2,22,24)/t17-,18+,21+/m0/s1. The third-order valence-electron chi connectivity index (χ3n) is 7.08. The molecule has 1 aliphatic heterocycles.